The van der Waals surface area contributed by atoms with E-state index in [2.05, 4.69) is 21.6 Å². The number of benzene rings is 1. The van der Waals surface area contributed by atoms with Gasteiger partial charge in [0.05, 0.1) is 11.2 Å². The molecule has 1 aromatic heterocycles. The third-order valence-electron chi connectivity index (χ3n) is 1.90. The van der Waals surface area contributed by atoms with Crippen LogP contribution in [0.2, 0.25) is 0 Å². The first-order valence-corrected chi connectivity index (χ1v) is 4.26. The summed E-state index contributed by atoms with van der Waals surface area (Å²) in [6.07, 6.45) is 0. The standard InChI is InChI=1S/C10H11N3/c1-11-7-9-6-8-4-2-3-5-10(8)13-12-9/h2-6,11H,7H2,1H3. The SMILES string of the molecule is CNCc1cc2ccccc2nn1. The van der Waals surface area contributed by atoms with Gasteiger partial charge in [0.2, 0.25) is 0 Å². The summed E-state index contributed by atoms with van der Waals surface area (Å²) in [7, 11) is 1.90. The van der Waals surface area contributed by atoms with Crippen LogP contribution in [0.1, 0.15) is 5.69 Å². The molecule has 2 aromatic rings. The van der Waals surface area contributed by atoms with Crippen LogP contribution in [0.5, 0.6) is 0 Å². The van der Waals surface area contributed by atoms with E-state index in [-0.39, 0.29) is 0 Å². The van der Waals surface area contributed by atoms with E-state index in [0.29, 0.717) is 0 Å². The predicted octanol–water partition coefficient (Wildman–Crippen LogP) is 1.35. The molecule has 3 heteroatoms. The molecule has 1 N–H and O–H groups in total. The highest BCUT2D eigenvalue weighted by Crippen LogP contribution is 2.10. The summed E-state index contributed by atoms with van der Waals surface area (Å²) in [5.74, 6) is 0. The van der Waals surface area contributed by atoms with Gasteiger partial charge in [-0.25, -0.2) is 0 Å². The van der Waals surface area contributed by atoms with Gasteiger partial charge in [0.15, 0.2) is 0 Å². The molecule has 0 saturated heterocycles. The maximum atomic E-state index is 4.11. The number of hydrogen-bond donors (Lipinski definition) is 1. The van der Waals surface area contributed by atoms with Crippen molar-refractivity contribution in [3.05, 3.63) is 36.0 Å². The predicted molar refractivity (Wildman–Crippen MR) is 52.3 cm³/mol. The van der Waals surface area contributed by atoms with Crippen LogP contribution in [0.15, 0.2) is 30.3 Å². The molecule has 0 bridgehead atoms. The maximum Gasteiger partial charge on any atom is 0.0929 e. The average molecular weight is 173 g/mol. The second-order valence-electron chi connectivity index (χ2n) is 2.92. The number of hydrogen-bond acceptors (Lipinski definition) is 3. The van der Waals surface area contributed by atoms with Crippen LogP contribution in [-0.4, -0.2) is 17.2 Å². The molecule has 1 heterocycles. The van der Waals surface area contributed by atoms with Crippen molar-refractivity contribution >= 4 is 10.9 Å². The zero-order valence-corrected chi connectivity index (χ0v) is 7.49. The third-order valence-corrected chi connectivity index (χ3v) is 1.90. The summed E-state index contributed by atoms with van der Waals surface area (Å²) in [5, 5.41) is 12.4. The van der Waals surface area contributed by atoms with Gasteiger partial charge >= 0.3 is 0 Å². The number of rotatable bonds is 2. The van der Waals surface area contributed by atoms with Crippen LogP contribution in [0.4, 0.5) is 0 Å². The molecular weight excluding hydrogens is 162 g/mol. The summed E-state index contributed by atoms with van der Waals surface area (Å²) in [6.45, 7) is 0.762. The molecule has 66 valence electrons. The smallest absolute Gasteiger partial charge is 0.0929 e. The lowest BCUT2D eigenvalue weighted by atomic mass is 10.2. The van der Waals surface area contributed by atoms with Crippen molar-refractivity contribution in [1.29, 1.82) is 0 Å². The highest BCUT2D eigenvalue weighted by Gasteiger charge is 1.96. The number of nitrogens with one attached hydrogen (secondary N) is 1. The van der Waals surface area contributed by atoms with E-state index in [1.54, 1.807) is 0 Å². The molecule has 0 amide bonds. The summed E-state index contributed by atoms with van der Waals surface area (Å²) >= 11 is 0. The summed E-state index contributed by atoms with van der Waals surface area (Å²) < 4.78 is 0. The highest BCUT2D eigenvalue weighted by molar-refractivity contribution is 5.77. The molecule has 2 rings (SSSR count). The molecule has 3 nitrogen and oxygen atoms in total. The molecule has 13 heavy (non-hydrogen) atoms. The first-order chi connectivity index (χ1) is 6.40. The summed E-state index contributed by atoms with van der Waals surface area (Å²) in [4.78, 5) is 0. The number of fused-ring (bicyclic) bond motifs is 1. The van der Waals surface area contributed by atoms with Crippen molar-refractivity contribution in [2.24, 2.45) is 0 Å². The lowest BCUT2D eigenvalue weighted by Crippen LogP contribution is -2.07. The van der Waals surface area contributed by atoms with Gasteiger partial charge in [-0.3, -0.25) is 0 Å². The molecule has 0 unspecified atom stereocenters. The first kappa shape index (κ1) is 8.13. The molecule has 0 spiro atoms. The van der Waals surface area contributed by atoms with Crippen molar-refractivity contribution in [3.63, 3.8) is 0 Å². The Morgan fingerprint density at radius 3 is 2.92 bits per heavy atom. The fourth-order valence-corrected chi connectivity index (χ4v) is 1.29. The number of aromatic nitrogens is 2. The van der Waals surface area contributed by atoms with Gasteiger partial charge in [-0.1, -0.05) is 18.2 Å². The zero-order chi connectivity index (χ0) is 9.10. The largest absolute Gasteiger partial charge is 0.314 e. The fourth-order valence-electron chi connectivity index (χ4n) is 1.29. The Kier molecular flexibility index (Phi) is 2.19. The van der Waals surface area contributed by atoms with Gasteiger partial charge in [0.1, 0.15) is 0 Å². The Hall–Kier alpha value is -1.48. The van der Waals surface area contributed by atoms with Crippen LogP contribution in [0.3, 0.4) is 0 Å². The summed E-state index contributed by atoms with van der Waals surface area (Å²) in [6, 6.07) is 10.0. The molecule has 0 radical (unpaired) electrons. The van der Waals surface area contributed by atoms with Crippen LogP contribution in [0.25, 0.3) is 10.9 Å². The maximum absolute atomic E-state index is 4.11. The van der Waals surface area contributed by atoms with E-state index >= 15 is 0 Å². The van der Waals surface area contributed by atoms with Crippen LogP contribution in [0, 0.1) is 0 Å². The van der Waals surface area contributed by atoms with E-state index in [1.165, 1.54) is 0 Å². The number of nitrogens with zero attached hydrogens (tertiary/aromatic N) is 2. The Bertz CT molecular complexity index is 412. The Labute approximate surface area is 76.8 Å². The van der Waals surface area contributed by atoms with E-state index in [0.717, 1.165) is 23.1 Å². The molecule has 1 aromatic carbocycles. The van der Waals surface area contributed by atoms with E-state index < -0.39 is 0 Å². The Morgan fingerprint density at radius 1 is 1.23 bits per heavy atom. The Morgan fingerprint density at radius 2 is 2.08 bits per heavy atom. The third kappa shape index (κ3) is 1.65. The molecule has 0 atom stereocenters. The lowest BCUT2D eigenvalue weighted by Gasteiger charge is -1.99. The molecule has 0 aliphatic rings. The van der Waals surface area contributed by atoms with Gasteiger partial charge in [0, 0.05) is 11.9 Å². The second kappa shape index (κ2) is 3.49. The molecule has 0 aliphatic heterocycles. The lowest BCUT2D eigenvalue weighted by molar-refractivity contribution is 0.774. The van der Waals surface area contributed by atoms with Crippen LogP contribution < -0.4 is 5.32 Å². The molecule has 0 fully saturated rings. The van der Waals surface area contributed by atoms with Gasteiger partial charge in [-0.05, 0) is 19.2 Å². The summed E-state index contributed by atoms with van der Waals surface area (Å²) in [5.41, 5.74) is 1.92. The minimum Gasteiger partial charge on any atom is -0.314 e. The molecular formula is C10H11N3. The van der Waals surface area contributed by atoms with E-state index in [1.807, 2.05) is 31.3 Å². The van der Waals surface area contributed by atoms with Crippen molar-refractivity contribution < 1.29 is 0 Å². The Balaban J connectivity index is 2.49. The topological polar surface area (TPSA) is 37.8 Å². The van der Waals surface area contributed by atoms with E-state index in [9.17, 15) is 0 Å². The van der Waals surface area contributed by atoms with Crippen molar-refractivity contribution in [3.8, 4) is 0 Å². The van der Waals surface area contributed by atoms with Gasteiger partial charge in [-0.2, -0.15) is 10.2 Å². The zero-order valence-electron chi connectivity index (χ0n) is 7.49. The van der Waals surface area contributed by atoms with Crippen LogP contribution in [-0.2, 0) is 6.54 Å². The van der Waals surface area contributed by atoms with Crippen molar-refractivity contribution in [2.75, 3.05) is 7.05 Å². The minimum atomic E-state index is 0.762. The van der Waals surface area contributed by atoms with Crippen molar-refractivity contribution in [2.45, 2.75) is 6.54 Å². The minimum absolute atomic E-state index is 0.762. The monoisotopic (exact) mass is 173 g/mol. The van der Waals surface area contributed by atoms with E-state index in [4.69, 9.17) is 0 Å². The molecule has 0 saturated carbocycles. The van der Waals surface area contributed by atoms with Gasteiger partial charge < -0.3 is 5.32 Å². The normalized spacial score (nSPS) is 10.5. The first-order valence-electron chi connectivity index (χ1n) is 4.26. The van der Waals surface area contributed by atoms with Gasteiger partial charge in [0.25, 0.3) is 0 Å². The second-order valence-corrected chi connectivity index (χ2v) is 2.92. The quantitative estimate of drug-likeness (QED) is 0.745. The van der Waals surface area contributed by atoms with Crippen LogP contribution >= 0.6 is 0 Å². The molecule has 0 aliphatic carbocycles. The van der Waals surface area contributed by atoms with Gasteiger partial charge in [-0.15, -0.1) is 0 Å². The average Bonchev–Trinajstić information content (AvgIpc) is 2.18. The highest BCUT2D eigenvalue weighted by atomic mass is 15.1. The van der Waals surface area contributed by atoms with Crippen molar-refractivity contribution in [1.82, 2.24) is 15.5 Å². The fraction of sp³-hybridized carbons (Fsp3) is 0.200.